The molecule has 0 atom stereocenters. The molecule has 0 aliphatic rings. The molecule has 0 unspecified atom stereocenters. The van der Waals surface area contributed by atoms with Gasteiger partial charge in [-0.2, -0.15) is 0 Å². The van der Waals surface area contributed by atoms with Crippen LogP contribution < -0.4 is 19.5 Å². The van der Waals surface area contributed by atoms with Crippen LogP contribution in [0.15, 0.2) is 48.5 Å². The molecule has 6 nitrogen and oxygen atoms in total. The second-order valence-corrected chi connectivity index (χ2v) is 5.22. The van der Waals surface area contributed by atoms with Crippen molar-refractivity contribution in [3.05, 3.63) is 54.1 Å². The maximum Gasteiger partial charge on any atom is 0.258 e. The summed E-state index contributed by atoms with van der Waals surface area (Å²) in [6, 6.07) is 14.2. The van der Waals surface area contributed by atoms with Crippen LogP contribution in [0.2, 0.25) is 0 Å². The number of carbonyl (C=O) groups excluding carboxylic acids is 2. The monoisotopic (exact) mass is 343 g/mol. The van der Waals surface area contributed by atoms with Crippen molar-refractivity contribution in [1.82, 2.24) is 5.32 Å². The molecule has 0 aliphatic heterocycles. The number of amides is 1. The van der Waals surface area contributed by atoms with E-state index in [-0.39, 0.29) is 18.3 Å². The summed E-state index contributed by atoms with van der Waals surface area (Å²) >= 11 is 0. The Hall–Kier alpha value is -3.02. The van der Waals surface area contributed by atoms with E-state index < -0.39 is 0 Å². The number of ether oxygens (including phenoxy) is 3. The largest absolute Gasteiger partial charge is 0.493 e. The lowest BCUT2D eigenvalue weighted by Crippen LogP contribution is -2.32. The normalized spacial score (nSPS) is 10.0. The lowest BCUT2D eigenvalue weighted by molar-refractivity contribution is -0.123. The average Bonchev–Trinajstić information content (AvgIpc) is 2.64. The van der Waals surface area contributed by atoms with Crippen LogP contribution in [0.25, 0.3) is 0 Å². The van der Waals surface area contributed by atoms with Crippen LogP contribution in [0.4, 0.5) is 0 Å². The number of carbonyl (C=O) groups is 2. The van der Waals surface area contributed by atoms with Gasteiger partial charge in [-0.1, -0.05) is 18.2 Å². The molecule has 2 aromatic carbocycles. The summed E-state index contributed by atoms with van der Waals surface area (Å²) in [6.07, 6.45) is 0. The highest BCUT2D eigenvalue weighted by Gasteiger charge is 2.10. The average molecular weight is 343 g/mol. The fourth-order valence-electron chi connectivity index (χ4n) is 2.08. The third kappa shape index (κ3) is 5.84. The van der Waals surface area contributed by atoms with Gasteiger partial charge >= 0.3 is 0 Å². The van der Waals surface area contributed by atoms with Gasteiger partial charge in [0.15, 0.2) is 23.9 Å². The molecule has 0 saturated carbocycles. The van der Waals surface area contributed by atoms with E-state index in [2.05, 4.69) is 5.32 Å². The van der Waals surface area contributed by atoms with Gasteiger partial charge in [0.25, 0.3) is 5.91 Å². The first-order chi connectivity index (χ1) is 12.1. The van der Waals surface area contributed by atoms with Crippen LogP contribution in [-0.4, -0.2) is 38.6 Å². The number of ketones is 1. The summed E-state index contributed by atoms with van der Waals surface area (Å²) in [7, 11) is 1.48. The molecule has 0 aliphatic carbocycles. The first kappa shape index (κ1) is 18.3. The maximum atomic E-state index is 11.8. The Labute approximate surface area is 146 Å². The molecule has 132 valence electrons. The topological polar surface area (TPSA) is 73.9 Å². The van der Waals surface area contributed by atoms with Crippen molar-refractivity contribution in [1.29, 1.82) is 0 Å². The number of hydrogen-bond donors (Lipinski definition) is 1. The van der Waals surface area contributed by atoms with E-state index in [9.17, 15) is 9.59 Å². The molecule has 25 heavy (non-hydrogen) atoms. The molecule has 0 bridgehead atoms. The Morgan fingerprint density at radius 2 is 1.76 bits per heavy atom. The molecule has 6 heteroatoms. The van der Waals surface area contributed by atoms with Crippen LogP contribution in [0.3, 0.4) is 0 Å². The Morgan fingerprint density at radius 1 is 1.00 bits per heavy atom. The van der Waals surface area contributed by atoms with E-state index in [0.717, 1.165) is 5.75 Å². The molecule has 0 spiro atoms. The SMILES string of the molecule is COc1cc(C(C)=O)ccc1OCC(=O)NCCOc1ccccc1. The molecular formula is C19H21NO5. The third-order valence-electron chi connectivity index (χ3n) is 3.37. The first-order valence-corrected chi connectivity index (χ1v) is 7.86. The van der Waals surface area contributed by atoms with E-state index in [0.29, 0.717) is 30.2 Å². The second kappa shape index (κ2) is 9.32. The van der Waals surface area contributed by atoms with Gasteiger partial charge in [-0.05, 0) is 37.3 Å². The zero-order valence-corrected chi connectivity index (χ0v) is 14.3. The van der Waals surface area contributed by atoms with Crippen LogP contribution >= 0.6 is 0 Å². The van der Waals surface area contributed by atoms with Crippen LogP contribution in [-0.2, 0) is 4.79 Å². The van der Waals surface area contributed by atoms with Gasteiger partial charge in [0.2, 0.25) is 0 Å². The predicted octanol–water partition coefficient (Wildman–Crippen LogP) is 2.47. The smallest absolute Gasteiger partial charge is 0.258 e. The van der Waals surface area contributed by atoms with Crippen LogP contribution in [0, 0.1) is 0 Å². The van der Waals surface area contributed by atoms with Crippen molar-refractivity contribution in [3.8, 4) is 17.2 Å². The minimum atomic E-state index is -0.269. The highest BCUT2D eigenvalue weighted by atomic mass is 16.5. The van der Waals surface area contributed by atoms with Gasteiger partial charge in [-0.15, -0.1) is 0 Å². The van der Waals surface area contributed by atoms with Crippen molar-refractivity contribution < 1.29 is 23.8 Å². The number of hydrogen-bond acceptors (Lipinski definition) is 5. The molecule has 0 aromatic heterocycles. The van der Waals surface area contributed by atoms with Gasteiger partial charge < -0.3 is 19.5 Å². The highest BCUT2D eigenvalue weighted by Crippen LogP contribution is 2.28. The van der Waals surface area contributed by atoms with Gasteiger partial charge in [0.05, 0.1) is 13.7 Å². The van der Waals surface area contributed by atoms with Crippen molar-refractivity contribution >= 4 is 11.7 Å². The summed E-state index contributed by atoms with van der Waals surface area (Å²) in [6.45, 7) is 2.06. The summed E-state index contributed by atoms with van der Waals surface area (Å²) in [5, 5.41) is 2.71. The van der Waals surface area contributed by atoms with Crippen molar-refractivity contribution in [2.24, 2.45) is 0 Å². The number of para-hydroxylation sites is 1. The van der Waals surface area contributed by atoms with E-state index in [4.69, 9.17) is 14.2 Å². The van der Waals surface area contributed by atoms with E-state index >= 15 is 0 Å². The van der Waals surface area contributed by atoms with Gasteiger partial charge in [-0.3, -0.25) is 9.59 Å². The zero-order valence-electron chi connectivity index (χ0n) is 14.3. The standard InChI is InChI=1S/C19H21NO5/c1-14(21)15-8-9-17(18(12-15)23-2)25-13-19(22)20-10-11-24-16-6-4-3-5-7-16/h3-9,12H,10-11,13H2,1-2H3,(H,20,22). The molecular weight excluding hydrogens is 322 g/mol. The molecule has 0 radical (unpaired) electrons. The zero-order chi connectivity index (χ0) is 18.1. The third-order valence-corrected chi connectivity index (χ3v) is 3.37. The van der Waals surface area contributed by atoms with Crippen LogP contribution in [0.5, 0.6) is 17.2 Å². The molecule has 0 fully saturated rings. The molecule has 0 heterocycles. The van der Waals surface area contributed by atoms with E-state index in [1.165, 1.54) is 14.0 Å². The van der Waals surface area contributed by atoms with Gasteiger partial charge in [-0.25, -0.2) is 0 Å². The van der Waals surface area contributed by atoms with Gasteiger partial charge in [0, 0.05) is 5.56 Å². The predicted molar refractivity (Wildman–Crippen MR) is 93.4 cm³/mol. The highest BCUT2D eigenvalue weighted by molar-refractivity contribution is 5.94. The number of rotatable bonds is 9. The lowest BCUT2D eigenvalue weighted by Gasteiger charge is -2.12. The van der Waals surface area contributed by atoms with E-state index in [1.54, 1.807) is 18.2 Å². The summed E-state index contributed by atoms with van der Waals surface area (Å²) < 4.78 is 16.1. The molecule has 1 amide bonds. The lowest BCUT2D eigenvalue weighted by atomic mass is 10.1. The Morgan fingerprint density at radius 3 is 2.44 bits per heavy atom. The first-order valence-electron chi connectivity index (χ1n) is 7.86. The number of nitrogens with one attached hydrogen (secondary N) is 1. The maximum absolute atomic E-state index is 11.8. The molecule has 2 rings (SSSR count). The molecule has 2 aromatic rings. The van der Waals surface area contributed by atoms with Crippen molar-refractivity contribution in [2.75, 3.05) is 26.9 Å². The quantitative estimate of drug-likeness (QED) is 0.559. The Bertz CT molecular complexity index is 715. The number of benzene rings is 2. The minimum Gasteiger partial charge on any atom is -0.493 e. The fourth-order valence-corrected chi connectivity index (χ4v) is 2.08. The molecule has 0 saturated heterocycles. The summed E-state index contributed by atoms with van der Waals surface area (Å²) in [5.74, 6) is 1.23. The summed E-state index contributed by atoms with van der Waals surface area (Å²) in [4.78, 5) is 23.2. The molecule has 1 N–H and O–H groups in total. The number of Topliss-reactive ketones (excluding diaryl/α,β-unsaturated/α-hetero) is 1. The second-order valence-electron chi connectivity index (χ2n) is 5.22. The Kier molecular flexibility index (Phi) is 6.83. The minimum absolute atomic E-state index is 0.0685. The van der Waals surface area contributed by atoms with E-state index in [1.807, 2.05) is 30.3 Å². The number of methoxy groups -OCH3 is 1. The van der Waals surface area contributed by atoms with Gasteiger partial charge in [0.1, 0.15) is 12.4 Å². The Balaban J connectivity index is 1.75. The fraction of sp³-hybridized carbons (Fsp3) is 0.263. The van der Waals surface area contributed by atoms with Crippen molar-refractivity contribution in [2.45, 2.75) is 6.92 Å². The summed E-state index contributed by atoms with van der Waals surface area (Å²) in [5.41, 5.74) is 0.520. The van der Waals surface area contributed by atoms with Crippen molar-refractivity contribution in [3.63, 3.8) is 0 Å². The van der Waals surface area contributed by atoms with Crippen LogP contribution in [0.1, 0.15) is 17.3 Å².